The number of aromatic nitrogens is 2. The second-order valence-corrected chi connectivity index (χ2v) is 5.80. The molecule has 2 rings (SSSR count). The molecule has 2 heterocycles. The number of aliphatic carboxylic acids is 1. The molecular formula is C13H19N3O3S. The minimum absolute atomic E-state index is 0.348. The molecule has 6 nitrogen and oxygen atoms in total. The Balaban J connectivity index is 2.06. The van der Waals surface area contributed by atoms with Gasteiger partial charge in [-0.1, -0.05) is 0 Å². The van der Waals surface area contributed by atoms with E-state index in [1.165, 1.54) is 0 Å². The number of nitrogens with one attached hydrogen (secondary N) is 1. The van der Waals surface area contributed by atoms with Gasteiger partial charge in [-0.2, -0.15) is 11.8 Å². The van der Waals surface area contributed by atoms with E-state index < -0.39 is 12.0 Å². The van der Waals surface area contributed by atoms with Gasteiger partial charge in [-0.3, -0.25) is 4.79 Å². The van der Waals surface area contributed by atoms with E-state index in [9.17, 15) is 9.59 Å². The highest BCUT2D eigenvalue weighted by molar-refractivity contribution is 7.98. The van der Waals surface area contributed by atoms with E-state index in [0.717, 1.165) is 31.6 Å². The van der Waals surface area contributed by atoms with Crippen LogP contribution in [0.5, 0.6) is 0 Å². The molecule has 0 saturated heterocycles. The number of carbonyl (C=O) groups excluding carboxylic acids is 1. The van der Waals surface area contributed by atoms with Crippen LogP contribution in [0.25, 0.3) is 0 Å². The van der Waals surface area contributed by atoms with Crippen molar-refractivity contribution in [2.24, 2.45) is 0 Å². The van der Waals surface area contributed by atoms with Gasteiger partial charge in [0.2, 0.25) is 0 Å². The highest BCUT2D eigenvalue weighted by atomic mass is 32.2. The summed E-state index contributed by atoms with van der Waals surface area (Å²) in [5, 5.41) is 11.7. The number of fused-ring (bicyclic) bond motifs is 1. The molecule has 0 aromatic carbocycles. The number of carboxylic acids is 1. The predicted molar refractivity (Wildman–Crippen MR) is 77.1 cm³/mol. The van der Waals surface area contributed by atoms with Gasteiger partial charge in [-0.25, -0.2) is 9.78 Å². The van der Waals surface area contributed by atoms with Gasteiger partial charge in [0.15, 0.2) is 0 Å². The Bertz CT molecular complexity index is 501. The summed E-state index contributed by atoms with van der Waals surface area (Å²) in [5.41, 5.74) is 0.468. The van der Waals surface area contributed by atoms with E-state index in [2.05, 4.69) is 10.3 Å². The monoisotopic (exact) mass is 297 g/mol. The van der Waals surface area contributed by atoms with Gasteiger partial charge in [0.25, 0.3) is 5.91 Å². The van der Waals surface area contributed by atoms with Crippen LogP contribution >= 0.6 is 11.8 Å². The Morgan fingerprint density at radius 2 is 2.35 bits per heavy atom. The number of hydrogen-bond donors (Lipinski definition) is 2. The fourth-order valence-corrected chi connectivity index (χ4v) is 2.79. The van der Waals surface area contributed by atoms with Crippen LogP contribution in [0.1, 0.15) is 35.6 Å². The Morgan fingerprint density at radius 1 is 1.55 bits per heavy atom. The number of amides is 1. The van der Waals surface area contributed by atoms with Crippen molar-refractivity contribution in [1.29, 1.82) is 0 Å². The quantitative estimate of drug-likeness (QED) is 0.823. The summed E-state index contributed by atoms with van der Waals surface area (Å²) in [6.07, 6.45) is 6.87. The lowest BCUT2D eigenvalue weighted by Gasteiger charge is -2.18. The van der Waals surface area contributed by atoms with E-state index in [0.29, 0.717) is 17.9 Å². The molecule has 0 radical (unpaired) electrons. The van der Waals surface area contributed by atoms with E-state index in [-0.39, 0.29) is 5.91 Å². The average molecular weight is 297 g/mol. The second kappa shape index (κ2) is 6.78. The number of carbonyl (C=O) groups is 2. The second-order valence-electron chi connectivity index (χ2n) is 4.81. The van der Waals surface area contributed by atoms with Crippen LogP contribution in [-0.4, -0.2) is 44.6 Å². The van der Waals surface area contributed by atoms with Gasteiger partial charge in [0, 0.05) is 13.0 Å². The van der Waals surface area contributed by atoms with Gasteiger partial charge < -0.3 is 15.0 Å². The summed E-state index contributed by atoms with van der Waals surface area (Å²) in [6, 6.07) is -0.843. The highest BCUT2D eigenvalue weighted by Crippen LogP contribution is 2.16. The maximum atomic E-state index is 12.2. The molecule has 7 heteroatoms. The lowest BCUT2D eigenvalue weighted by Crippen LogP contribution is -2.42. The van der Waals surface area contributed by atoms with Crippen LogP contribution in [0.4, 0.5) is 0 Å². The van der Waals surface area contributed by atoms with Crippen LogP contribution in [0.3, 0.4) is 0 Å². The van der Waals surface area contributed by atoms with Crippen LogP contribution in [0, 0.1) is 0 Å². The molecule has 0 saturated carbocycles. The van der Waals surface area contributed by atoms with Crippen molar-refractivity contribution < 1.29 is 14.7 Å². The zero-order chi connectivity index (χ0) is 14.5. The van der Waals surface area contributed by atoms with Crippen molar-refractivity contribution >= 4 is 23.6 Å². The average Bonchev–Trinajstić information content (AvgIpc) is 2.87. The minimum Gasteiger partial charge on any atom is -0.480 e. The third-order valence-electron chi connectivity index (χ3n) is 3.42. The molecule has 20 heavy (non-hydrogen) atoms. The first kappa shape index (κ1) is 14.9. The Kier molecular flexibility index (Phi) is 5.05. The fourth-order valence-electron chi connectivity index (χ4n) is 2.32. The molecule has 1 aliphatic heterocycles. The molecule has 0 fully saturated rings. The predicted octanol–water partition coefficient (Wildman–Crippen LogP) is 1.16. The number of rotatable bonds is 6. The van der Waals surface area contributed by atoms with Gasteiger partial charge in [0.1, 0.15) is 17.6 Å². The minimum atomic E-state index is -0.995. The van der Waals surface area contributed by atoms with Crippen molar-refractivity contribution in [3.8, 4) is 0 Å². The Morgan fingerprint density at radius 3 is 3.05 bits per heavy atom. The van der Waals surface area contributed by atoms with Crippen LogP contribution in [-0.2, 0) is 17.8 Å². The summed E-state index contributed by atoms with van der Waals surface area (Å²) in [4.78, 5) is 27.6. The maximum Gasteiger partial charge on any atom is 0.326 e. The summed E-state index contributed by atoms with van der Waals surface area (Å²) in [7, 11) is 0. The summed E-state index contributed by atoms with van der Waals surface area (Å²) >= 11 is 1.56. The largest absolute Gasteiger partial charge is 0.480 e. The summed E-state index contributed by atoms with van der Waals surface area (Å²) in [6.45, 7) is 0.778. The molecular weight excluding hydrogens is 278 g/mol. The normalized spacial score (nSPS) is 15.4. The van der Waals surface area contributed by atoms with Gasteiger partial charge >= 0.3 is 5.97 Å². The lowest BCUT2D eigenvalue weighted by atomic mass is 10.1. The first-order chi connectivity index (χ1) is 9.63. The van der Waals surface area contributed by atoms with Crippen molar-refractivity contribution in [3.63, 3.8) is 0 Å². The van der Waals surface area contributed by atoms with Crippen molar-refractivity contribution in [2.75, 3.05) is 12.0 Å². The smallest absolute Gasteiger partial charge is 0.326 e. The third-order valence-corrected chi connectivity index (χ3v) is 4.06. The molecule has 1 aliphatic rings. The van der Waals surface area contributed by atoms with E-state index >= 15 is 0 Å². The van der Waals surface area contributed by atoms with Crippen molar-refractivity contribution in [3.05, 3.63) is 17.7 Å². The van der Waals surface area contributed by atoms with Crippen LogP contribution in [0.2, 0.25) is 0 Å². The lowest BCUT2D eigenvalue weighted by molar-refractivity contribution is -0.139. The molecule has 1 aromatic rings. The van der Waals surface area contributed by atoms with Crippen LogP contribution in [0.15, 0.2) is 6.20 Å². The standard InChI is InChI=1S/C13H19N3O3S/c1-20-7-5-9(13(18)19)15-12(17)10-8-14-11-4-2-3-6-16(10)11/h8-9H,2-7H2,1H3,(H,15,17)(H,18,19)/t9-/m0/s1. The SMILES string of the molecule is CSCC[C@H](NC(=O)c1cnc2n1CCCC2)C(=O)O. The van der Waals surface area contributed by atoms with Crippen molar-refractivity contribution in [2.45, 2.75) is 38.3 Å². The Hall–Kier alpha value is -1.50. The molecule has 0 unspecified atom stereocenters. The van der Waals surface area contributed by atoms with Crippen LogP contribution < -0.4 is 5.32 Å². The van der Waals surface area contributed by atoms with E-state index in [1.54, 1.807) is 18.0 Å². The summed E-state index contributed by atoms with van der Waals surface area (Å²) in [5.74, 6) is 0.268. The number of aryl methyl sites for hydroxylation is 1. The van der Waals surface area contributed by atoms with Gasteiger partial charge in [-0.05, 0) is 31.3 Å². The number of carboxylic acid groups (broad SMARTS) is 1. The zero-order valence-corrected chi connectivity index (χ0v) is 12.3. The number of nitrogens with zero attached hydrogens (tertiary/aromatic N) is 2. The molecule has 0 bridgehead atoms. The zero-order valence-electron chi connectivity index (χ0n) is 11.5. The van der Waals surface area contributed by atoms with E-state index in [1.807, 2.05) is 10.8 Å². The first-order valence-electron chi connectivity index (χ1n) is 6.70. The molecule has 0 aliphatic carbocycles. The van der Waals surface area contributed by atoms with Crippen molar-refractivity contribution in [1.82, 2.24) is 14.9 Å². The third kappa shape index (κ3) is 3.33. The highest BCUT2D eigenvalue weighted by Gasteiger charge is 2.24. The molecule has 2 N–H and O–H groups in total. The molecule has 1 atom stereocenters. The number of thioether (sulfide) groups is 1. The first-order valence-corrected chi connectivity index (χ1v) is 8.10. The summed E-state index contributed by atoms with van der Waals surface area (Å²) < 4.78 is 1.90. The molecule has 0 spiro atoms. The fraction of sp³-hybridized carbons (Fsp3) is 0.615. The molecule has 110 valence electrons. The maximum absolute atomic E-state index is 12.2. The number of imidazole rings is 1. The molecule has 1 amide bonds. The molecule has 1 aromatic heterocycles. The van der Waals surface area contributed by atoms with Gasteiger partial charge in [0.05, 0.1) is 6.20 Å². The topological polar surface area (TPSA) is 84.2 Å². The van der Waals surface area contributed by atoms with E-state index in [4.69, 9.17) is 5.11 Å². The number of hydrogen-bond acceptors (Lipinski definition) is 4. The Labute approximate surface area is 122 Å². The van der Waals surface area contributed by atoms with Gasteiger partial charge in [-0.15, -0.1) is 0 Å².